The molecule has 4 bridgehead atoms. The van der Waals surface area contributed by atoms with Gasteiger partial charge in [-0.05, 0) is 67.4 Å². The van der Waals surface area contributed by atoms with E-state index in [4.69, 9.17) is 4.74 Å². The van der Waals surface area contributed by atoms with Gasteiger partial charge in [0.1, 0.15) is 5.75 Å². The first-order valence-electron chi connectivity index (χ1n) is 11.7. The maximum Gasteiger partial charge on any atom is 0.317 e. The summed E-state index contributed by atoms with van der Waals surface area (Å²) in [5.74, 6) is 2.87. The van der Waals surface area contributed by atoms with Gasteiger partial charge in [0.05, 0.1) is 5.41 Å². The van der Waals surface area contributed by atoms with E-state index in [0.717, 1.165) is 59.3 Å². The first kappa shape index (κ1) is 18.9. The van der Waals surface area contributed by atoms with Crippen molar-refractivity contribution in [2.24, 2.45) is 23.2 Å². The summed E-state index contributed by atoms with van der Waals surface area (Å²) in [6.07, 6.45) is 7.03. The molecule has 0 unspecified atom stereocenters. The van der Waals surface area contributed by atoms with Crippen molar-refractivity contribution >= 4 is 5.97 Å². The zero-order valence-electron chi connectivity index (χ0n) is 17.8. The Kier molecular flexibility index (Phi) is 4.49. The molecule has 4 aliphatic carbocycles. The van der Waals surface area contributed by atoms with E-state index in [0.29, 0.717) is 5.75 Å². The highest BCUT2D eigenvalue weighted by molar-refractivity contribution is 5.88. The predicted octanol–water partition coefficient (Wildman–Crippen LogP) is 7.14. The summed E-state index contributed by atoms with van der Waals surface area (Å²) >= 11 is 0. The lowest BCUT2D eigenvalue weighted by molar-refractivity contribution is -0.161. The molecule has 0 saturated heterocycles. The van der Waals surface area contributed by atoms with Crippen molar-refractivity contribution in [3.63, 3.8) is 0 Å². The number of carbonyl (C=O) groups is 1. The molecule has 0 aromatic heterocycles. The summed E-state index contributed by atoms with van der Waals surface area (Å²) in [4.78, 5) is 13.8. The molecular formula is C29H28O2. The lowest BCUT2D eigenvalue weighted by atomic mass is 9.49. The zero-order chi connectivity index (χ0) is 20.8. The molecule has 3 aromatic rings. The molecule has 0 radical (unpaired) electrons. The molecule has 0 spiro atoms. The molecule has 2 heteroatoms. The summed E-state index contributed by atoms with van der Waals surface area (Å²) in [7, 11) is 0. The van der Waals surface area contributed by atoms with E-state index in [2.05, 4.69) is 42.5 Å². The second-order valence-electron chi connectivity index (χ2n) is 10.0. The Labute approximate surface area is 184 Å². The third-order valence-electron chi connectivity index (χ3n) is 7.85. The smallest absolute Gasteiger partial charge is 0.317 e. The SMILES string of the molecule is O=C(Oc1c(-c2ccccc2)cccc1-c1ccccc1)C12CC3CC(CC(C3)C1)C2. The summed E-state index contributed by atoms with van der Waals surface area (Å²) < 4.78 is 6.43. The second-order valence-corrected chi connectivity index (χ2v) is 10.0. The Balaban J connectivity index is 1.43. The van der Waals surface area contributed by atoms with Crippen LogP contribution in [-0.4, -0.2) is 5.97 Å². The van der Waals surface area contributed by atoms with Crippen LogP contribution in [-0.2, 0) is 4.79 Å². The minimum absolute atomic E-state index is 0.00663. The fraction of sp³-hybridized carbons (Fsp3) is 0.345. The molecular weight excluding hydrogens is 380 g/mol. The van der Waals surface area contributed by atoms with Crippen molar-refractivity contribution in [3.05, 3.63) is 78.9 Å². The van der Waals surface area contributed by atoms with Gasteiger partial charge in [0.25, 0.3) is 0 Å². The Morgan fingerprint density at radius 2 is 1.10 bits per heavy atom. The highest BCUT2D eigenvalue weighted by Crippen LogP contribution is 2.60. The van der Waals surface area contributed by atoms with E-state index in [1.807, 2.05) is 36.4 Å². The van der Waals surface area contributed by atoms with Crippen LogP contribution in [0.25, 0.3) is 22.3 Å². The fourth-order valence-electron chi connectivity index (χ4n) is 6.90. The van der Waals surface area contributed by atoms with E-state index < -0.39 is 0 Å². The van der Waals surface area contributed by atoms with Gasteiger partial charge in [-0.25, -0.2) is 0 Å². The predicted molar refractivity (Wildman–Crippen MR) is 124 cm³/mol. The van der Waals surface area contributed by atoms with Crippen LogP contribution in [0.4, 0.5) is 0 Å². The van der Waals surface area contributed by atoms with Crippen LogP contribution in [0.5, 0.6) is 5.75 Å². The molecule has 156 valence electrons. The van der Waals surface area contributed by atoms with E-state index >= 15 is 0 Å². The summed E-state index contributed by atoms with van der Waals surface area (Å²) in [5, 5.41) is 0. The number of benzene rings is 3. The molecule has 2 nitrogen and oxygen atoms in total. The van der Waals surface area contributed by atoms with E-state index in [1.54, 1.807) is 0 Å². The van der Waals surface area contributed by atoms with Gasteiger partial charge >= 0.3 is 5.97 Å². The first-order chi connectivity index (χ1) is 15.2. The minimum Gasteiger partial charge on any atom is -0.425 e. The second kappa shape index (κ2) is 7.37. The van der Waals surface area contributed by atoms with Crippen LogP contribution in [0.3, 0.4) is 0 Å². The quantitative estimate of drug-likeness (QED) is 0.339. The van der Waals surface area contributed by atoms with Crippen LogP contribution in [0, 0.1) is 23.2 Å². The summed E-state index contributed by atoms with van der Waals surface area (Å²) in [6.45, 7) is 0. The number of esters is 1. The Morgan fingerprint density at radius 1 is 0.645 bits per heavy atom. The van der Waals surface area contributed by atoms with Gasteiger partial charge in [-0.15, -0.1) is 0 Å². The highest BCUT2D eigenvalue weighted by Gasteiger charge is 2.55. The Morgan fingerprint density at radius 3 is 1.55 bits per heavy atom. The van der Waals surface area contributed by atoms with E-state index in [9.17, 15) is 4.79 Å². The average Bonchev–Trinajstić information content (AvgIpc) is 2.79. The average molecular weight is 409 g/mol. The molecule has 0 aliphatic heterocycles. The van der Waals surface area contributed by atoms with Crippen LogP contribution >= 0.6 is 0 Å². The van der Waals surface area contributed by atoms with Crippen molar-refractivity contribution in [3.8, 4) is 28.0 Å². The normalized spacial score (nSPS) is 28.5. The molecule has 0 heterocycles. The summed E-state index contributed by atoms with van der Waals surface area (Å²) in [6, 6.07) is 26.8. The van der Waals surface area contributed by atoms with Crippen LogP contribution in [0.15, 0.2) is 78.9 Å². The van der Waals surface area contributed by atoms with Gasteiger partial charge in [-0.2, -0.15) is 0 Å². The lowest BCUT2D eigenvalue weighted by Crippen LogP contribution is -2.51. The van der Waals surface area contributed by atoms with Crippen molar-refractivity contribution in [2.75, 3.05) is 0 Å². The number of ether oxygens (including phenoxy) is 1. The molecule has 7 rings (SSSR count). The Bertz CT molecular complexity index is 1010. The minimum atomic E-state index is -0.271. The largest absolute Gasteiger partial charge is 0.425 e. The van der Waals surface area contributed by atoms with Gasteiger partial charge < -0.3 is 4.74 Å². The van der Waals surface area contributed by atoms with Gasteiger partial charge in [-0.1, -0.05) is 78.9 Å². The number of rotatable bonds is 4. The fourth-order valence-corrected chi connectivity index (χ4v) is 6.90. The standard InChI is InChI=1S/C29H28O2/c30-28(29-17-20-14-21(18-29)16-22(15-20)19-29)31-27-25(23-8-3-1-4-9-23)12-7-13-26(27)24-10-5-2-6-11-24/h1-13,20-22H,14-19H2. The third-order valence-corrected chi connectivity index (χ3v) is 7.85. The third kappa shape index (κ3) is 3.29. The maximum atomic E-state index is 13.8. The van der Waals surface area contributed by atoms with Crippen molar-refractivity contribution in [1.82, 2.24) is 0 Å². The van der Waals surface area contributed by atoms with Crippen LogP contribution in [0.2, 0.25) is 0 Å². The van der Waals surface area contributed by atoms with Crippen LogP contribution < -0.4 is 4.74 Å². The monoisotopic (exact) mass is 408 g/mol. The molecule has 0 N–H and O–H groups in total. The molecule has 0 amide bonds. The molecule has 3 aromatic carbocycles. The summed E-state index contributed by atoms with van der Waals surface area (Å²) in [5.41, 5.74) is 3.86. The topological polar surface area (TPSA) is 26.3 Å². The maximum absolute atomic E-state index is 13.8. The molecule has 0 atom stereocenters. The van der Waals surface area contributed by atoms with Crippen molar-refractivity contribution in [2.45, 2.75) is 38.5 Å². The highest BCUT2D eigenvalue weighted by atomic mass is 16.5. The zero-order valence-corrected chi connectivity index (χ0v) is 17.8. The Hall–Kier alpha value is -2.87. The molecule has 4 aliphatic rings. The first-order valence-corrected chi connectivity index (χ1v) is 11.7. The van der Waals surface area contributed by atoms with E-state index in [1.165, 1.54) is 19.3 Å². The number of carbonyl (C=O) groups excluding carboxylic acids is 1. The molecule has 4 fully saturated rings. The molecule has 31 heavy (non-hydrogen) atoms. The van der Waals surface area contributed by atoms with Gasteiger partial charge in [0.2, 0.25) is 0 Å². The van der Waals surface area contributed by atoms with Crippen molar-refractivity contribution in [1.29, 1.82) is 0 Å². The van der Waals surface area contributed by atoms with Crippen LogP contribution in [0.1, 0.15) is 38.5 Å². The van der Waals surface area contributed by atoms with E-state index in [-0.39, 0.29) is 11.4 Å². The van der Waals surface area contributed by atoms with Crippen molar-refractivity contribution < 1.29 is 9.53 Å². The number of para-hydroxylation sites is 1. The molecule has 4 saturated carbocycles. The van der Waals surface area contributed by atoms with Gasteiger partial charge in [0, 0.05) is 11.1 Å². The van der Waals surface area contributed by atoms with Gasteiger partial charge in [-0.3, -0.25) is 4.79 Å². The van der Waals surface area contributed by atoms with Gasteiger partial charge in [0.15, 0.2) is 0 Å². The lowest BCUT2D eigenvalue weighted by Gasteiger charge is -2.55. The number of hydrogen-bond acceptors (Lipinski definition) is 2. The number of hydrogen-bond donors (Lipinski definition) is 0.